The van der Waals surface area contributed by atoms with Crippen molar-refractivity contribution in [2.75, 3.05) is 16.8 Å². The first-order chi connectivity index (χ1) is 9.15. The number of carbonyl (C=O) groups excluding carboxylic acids is 1. The highest BCUT2D eigenvalue weighted by atomic mass is 32.2. The van der Waals surface area contributed by atoms with Crippen LogP contribution in [-0.2, 0) is 4.79 Å². The standard InChI is InChI=1S/C12H11FN4OS/c13-8-1-2-9(14)10(5-8)17-11(18)6-19-12-3-4-15-7-16-12/h1-5,7H,6,14H2,(H,17,18). The van der Waals surface area contributed by atoms with Crippen molar-refractivity contribution in [3.05, 3.63) is 42.6 Å². The molecule has 0 spiro atoms. The van der Waals surface area contributed by atoms with Crippen molar-refractivity contribution in [3.8, 4) is 0 Å². The van der Waals surface area contributed by atoms with E-state index in [0.29, 0.717) is 10.7 Å². The average molecular weight is 278 g/mol. The van der Waals surface area contributed by atoms with E-state index in [4.69, 9.17) is 5.73 Å². The van der Waals surface area contributed by atoms with Crippen LogP contribution in [0, 0.1) is 5.82 Å². The van der Waals surface area contributed by atoms with Crippen molar-refractivity contribution in [2.45, 2.75) is 5.03 Å². The maximum Gasteiger partial charge on any atom is 0.234 e. The molecule has 0 bridgehead atoms. The maximum absolute atomic E-state index is 13.0. The topological polar surface area (TPSA) is 80.9 Å². The normalized spacial score (nSPS) is 10.2. The number of hydrogen-bond acceptors (Lipinski definition) is 5. The smallest absolute Gasteiger partial charge is 0.234 e. The number of carbonyl (C=O) groups is 1. The number of nitrogens with zero attached hydrogens (tertiary/aromatic N) is 2. The van der Waals surface area contributed by atoms with Gasteiger partial charge in [-0.1, -0.05) is 11.8 Å². The largest absolute Gasteiger partial charge is 0.397 e. The third kappa shape index (κ3) is 3.92. The second kappa shape index (κ2) is 6.14. The molecule has 0 unspecified atom stereocenters. The van der Waals surface area contributed by atoms with Gasteiger partial charge in [-0.3, -0.25) is 4.79 Å². The number of hydrogen-bond donors (Lipinski definition) is 2. The molecule has 0 atom stereocenters. The van der Waals surface area contributed by atoms with Crippen LogP contribution in [-0.4, -0.2) is 21.6 Å². The quantitative estimate of drug-likeness (QED) is 0.507. The summed E-state index contributed by atoms with van der Waals surface area (Å²) in [6.45, 7) is 0. The Kier molecular flexibility index (Phi) is 4.30. The summed E-state index contributed by atoms with van der Waals surface area (Å²) in [6.07, 6.45) is 3.00. The molecule has 3 N–H and O–H groups in total. The van der Waals surface area contributed by atoms with Gasteiger partial charge in [0.2, 0.25) is 5.91 Å². The van der Waals surface area contributed by atoms with E-state index in [2.05, 4.69) is 15.3 Å². The van der Waals surface area contributed by atoms with Crippen molar-refractivity contribution < 1.29 is 9.18 Å². The number of anilines is 2. The van der Waals surface area contributed by atoms with E-state index in [1.807, 2.05) is 0 Å². The predicted octanol–water partition coefficient (Wildman–Crippen LogP) is 1.93. The minimum atomic E-state index is -0.451. The van der Waals surface area contributed by atoms with Gasteiger partial charge in [-0.2, -0.15) is 0 Å². The molecule has 1 aromatic carbocycles. The lowest BCUT2D eigenvalue weighted by atomic mass is 10.2. The van der Waals surface area contributed by atoms with E-state index < -0.39 is 5.82 Å². The Morgan fingerprint density at radius 3 is 3.00 bits per heavy atom. The fourth-order valence-corrected chi connectivity index (χ4v) is 1.96. The van der Waals surface area contributed by atoms with Crippen LogP contribution in [0.2, 0.25) is 0 Å². The Bertz CT molecular complexity index is 579. The Labute approximate surface area is 113 Å². The minimum Gasteiger partial charge on any atom is -0.397 e. The lowest BCUT2D eigenvalue weighted by molar-refractivity contribution is -0.113. The summed E-state index contributed by atoms with van der Waals surface area (Å²) < 4.78 is 13.0. The zero-order chi connectivity index (χ0) is 13.7. The molecule has 2 aromatic rings. The van der Waals surface area contributed by atoms with Crippen molar-refractivity contribution >= 4 is 29.0 Å². The van der Waals surface area contributed by atoms with Gasteiger partial charge >= 0.3 is 0 Å². The Morgan fingerprint density at radius 1 is 1.42 bits per heavy atom. The summed E-state index contributed by atoms with van der Waals surface area (Å²) in [5, 5.41) is 3.25. The van der Waals surface area contributed by atoms with Gasteiger partial charge in [-0.15, -0.1) is 0 Å². The number of nitrogen functional groups attached to an aromatic ring is 1. The predicted molar refractivity (Wildman–Crippen MR) is 72.2 cm³/mol. The molecule has 0 aliphatic rings. The second-order valence-corrected chi connectivity index (χ2v) is 4.61. The molecule has 19 heavy (non-hydrogen) atoms. The number of nitrogens with two attached hydrogens (primary N) is 1. The summed E-state index contributed by atoms with van der Waals surface area (Å²) in [6, 6.07) is 5.53. The summed E-state index contributed by atoms with van der Waals surface area (Å²) in [5.41, 5.74) is 6.23. The highest BCUT2D eigenvalue weighted by Gasteiger charge is 2.07. The molecular weight excluding hydrogens is 267 g/mol. The number of halogens is 1. The summed E-state index contributed by atoms with van der Waals surface area (Å²) in [5.74, 6) is -0.568. The monoisotopic (exact) mass is 278 g/mol. The van der Waals surface area contributed by atoms with Gasteiger partial charge < -0.3 is 11.1 Å². The van der Waals surface area contributed by atoms with E-state index in [-0.39, 0.29) is 17.3 Å². The van der Waals surface area contributed by atoms with Crippen molar-refractivity contribution in [2.24, 2.45) is 0 Å². The van der Waals surface area contributed by atoms with Crippen molar-refractivity contribution in [1.82, 2.24) is 9.97 Å². The van der Waals surface area contributed by atoms with Gasteiger partial charge in [0.15, 0.2) is 0 Å². The van der Waals surface area contributed by atoms with Crippen LogP contribution in [0.5, 0.6) is 0 Å². The molecule has 0 saturated heterocycles. The molecule has 1 amide bonds. The first kappa shape index (κ1) is 13.3. The molecule has 0 radical (unpaired) electrons. The number of nitrogens with one attached hydrogen (secondary N) is 1. The average Bonchev–Trinajstić information content (AvgIpc) is 2.42. The fourth-order valence-electron chi connectivity index (χ4n) is 1.33. The van der Waals surface area contributed by atoms with Crippen LogP contribution in [0.15, 0.2) is 41.8 Å². The van der Waals surface area contributed by atoms with Crippen LogP contribution in [0.3, 0.4) is 0 Å². The van der Waals surface area contributed by atoms with E-state index in [1.165, 1.54) is 36.3 Å². The van der Waals surface area contributed by atoms with Gasteiger partial charge in [-0.05, 0) is 24.3 Å². The molecular formula is C12H11FN4OS. The fraction of sp³-hybridized carbons (Fsp3) is 0.0833. The molecule has 0 aliphatic carbocycles. The molecule has 1 heterocycles. The molecule has 2 rings (SSSR count). The van der Waals surface area contributed by atoms with Crippen LogP contribution >= 0.6 is 11.8 Å². The van der Waals surface area contributed by atoms with Gasteiger partial charge in [0.25, 0.3) is 0 Å². The van der Waals surface area contributed by atoms with Gasteiger partial charge in [0.05, 0.1) is 22.2 Å². The highest BCUT2D eigenvalue weighted by Crippen LogP contribution is 2.20. The number of amides is 1. The van der Waals surface area contributed by atoms with Crippen LogP contribution in [0.1, 0.15) is 0 Å². The number of thioether (sulfide) groups is 1. The summed E-state index contributed by atoms with van der Waals surface area (Å²) in [7, 11) is 0. The van der Waals surface area contributed by atoms with Crippen LogP contribution in [0.25, 0.3) is 0 Å². The van der Waals surface area contributed by atoms with E-state index >= 15 is 0 Å². The minimum absolute atomic E-state index is 0.160. The summed E-state index contributed by atoms with van der Waals surface area (Å²) in [4.78, 5) is 19.5. The molecule has 0 fully saturated rings. The second-order valence-electron chi connectivity index (χ2n) is 3.62. The van der Waals surface area contributed by atoms with Gasteiger partial charge in [-0.25, -0.2) is 14.4 Å². The summed E-state index contributed by atoms with van der Waals surface area (Å²) >= 11 is 1.26. The number of rotatable bonds is 4. The maximum atomic E-state index is 13.0. The number of aromatic nitrogens is 2. The van der Waals surface area contributed by atoms with Gasteiger partial charge in [0, 0.05) is 6.20 Å². The van der Waals surface area contributed by atoms with Crippen molar-refractivity contribution in [3.63, 3.8) is 0 Å². The molecule has 7 heteroatoms. The highest BCUT2D eigenvalue weighted by molar-refractivity contribution is 7.99. The first-order valence-corrected chi connectivity index (χ1v) is 6.37. The first-order valence-electron chi connectivity index (χ1n) is 5.39. The Balaban J connectivity index is 1.93. The number of benzene rings is 1. The van der Waals surface area contributed by atoms with Crippen LogP contribution in [0.4, 0.5) is 15.8 Å². The Morgan fingerprint density at radius 2 is 2.26 bits per heavy atom. The van der Waals surface area contributed by atoms with E-state index in [9.17, 15) is 9.18 Å². The van der Waals surface area contributed by atoms with E-state index in [1.54, 1.807) is 12.3 Å². The Hall–Kier alpha value is -2.15. The van der Waals surface area contributed by atoms with E-state index in [0.717, 1.165) is 0 Å². The SMILES string of the molecule is Nc1ccc(F)cc1NC(=O)CSc1ccncn1. The van der Waals surface area contributed by atoms with Crippen LogP contribution < -0.4 is 11.1 Å². The van der Waals surface area contributed by atoms with Crippen molar-refractivity contribution in [1.29, 1.82) is 0 Å². The lowest BCUT2D eigenvalue weighted by Crippen LogP contribution is -2.15. The molecule has 0 aliphatic heterocycles. The molecule has 0 saturated carbocycles. The molecule has 98 valence electrons. The third-order valence-electron chi connectivity index (χ3n) is 2.20. The molecule has 1 aromatic heterocycles. The lowest BCUT2D eigenvalue weighted by Gasteiger charge is -2.07. The van der Waals surface area contributed by atoms with Gasteiger partial charge in [0.1, 0.15) is 12.1 Å². The zero-order valence-corrected chi connectivity index (χ0v) is 10.7. The third-order valence-corrected chi connectivity index (χ3v) is 3.14. The zero-order valence-electron chi connectivity index (χ0n) is 9.84. The molecule has 5 nitrogen and oxygen atoms in total.